The number of nitrogens with zero attached hydrogens (tertiary/aromatic N) is 2. The molecule has 2 saturated heterocycles. The fourth-order valence-electron chi connectivity index (χ4n) is 6.78. The second-order valence-electron chi connectivity index (χ2n) is 15.1. The zero-order chi connectivity index (χ0) is 41.4. The van der Waals surface area contributed by atoms with Crippen molar-refractivity contribution < 1.29 is 52.5 Å². The number of ether oxygens (including phenoxy) is 5. The van der Waals surface area contributed by atoms with Crippen LogP contribution in [0.2, 0.25) is 0 Å². The van der Waals surface area contributed by atoms with E-state index in [9.17, 15) is 28.8 Å². The predicted molar refractivity (Wildman–Crippen MR) is 215 cm³/mol. The highest BCUT2D eigenvalue weighted by Crippen LogP contribution is 2.29. The lowest BCUT2D eigenvalue weighted by atomic mass is 10.0. The highest BCUT2D eigenvalue weighted by atomic mass is 79.9. The summed E-state index contributed by atoms with van der Waals surface area (Å²) in [6.07, 6.45) is 0.862. The number of carbonyl (C=O) groups is 6. The van der Waals surface area contributed by atoms with Crippen LogP contribution in [0.4, 0.5) is 9.59 Å². The molecule has 0 aromatic heterocycles. The Morgan fingerprint density at radius 2 is 1.28 bits per heavy atom. The Hall–Kier alpha value is -5.76. The van der Waals surface area contributed by atoms with Crippen molar-refractivity contribution in [3.63, 3.8) is 0 Å². The average Bonchev–Trinajstić information content (AvgIpc) is 3.92. The molecule has 2 aliphatic heterocycles. The maximum absolute atomic E-state index is 13.1. The molecule has 13 nitrogen and oxygen atoms in total. The van der Waals surface area contributed by atoms with E-state index in [0.717, 1.165) is 16.3 Å². The van der Waals surface area contributed by atoms with Gasteiger partial charge in [0.15, 0.2) is 24.8 Å². The first-order valence-corrected chi connectivity index (χ1v) is 19.9. The van der Waals surface area contributed by atoms with Gasteiger partial charge in [0.25, 0.3) is 0 Å². The van der Waals surface area contributed by atoms with Crippen molar-refractivity contribution in [2.75, 3.05) is 26.3 Å². The summed E-state index contributed by atoms with van der Waals surface area (Å²) in [7, 11) is 0. The molecule has 0 radical (unpaired) electrons. The molecule has 2 amide bonds. The molecule has 0 bridgehead atoms. The molecule has 0 N–H and O–H groups in total. The lowest BCUT2D eigenvalue weighted by Gasteiger charge is -2.27. The Labute approximate surface area is 344 Å². The lowest BCUT2D eigenvalue weighted by molar-refractivity contribution is -0.148. The Balaban J connectivity index is 1.01. The summed E-state index contributed by atoms with van der Waals surface area (Å²) >= 11 is 3.52. The van der Waals surface area contributed by atoms with Crippen molar-refractivity contribution in [1.82, 2.24) is 9.80 Å². The van der Waals surface area contributed by atoms with Gasteiger partial charge in [-0.25, -0.2) is 19.2 Å². The van der Waals surface area contributed by atoms with Crippen LogP contribution in [0.25, 0.3) is 10.8 Å². The lowest BCUT2D eigenvalue weighted by Crippen LogP contribution is -2.44. The van der Waals surface area contributed by atoms with E-state index in [0.29, 0.717) is 65.7 Å². The Morgan fingerprint density at radius 3 is 1.91 bits per heavy atom. The highest BCUT2D eigenvalue weighted by molar-refractivity contribution is 9.10. The van der Waals surface area contributed by atoms with Crippen LogP contribution in [-0.4, -0.2) is 89.5 Å². The van der Waals surface area contributed by atoms with Gasteiger partial charge in [-0.3, -0.25) is 19.4 Å². The second kappa shape index (κ2) is 18.7. The number of esters is 2. The van der Waals surface area contributed by atoms with Crippen molar-refractivity contribution in [3.8, 4) is 5.75 Å². The molecule has 2 atom stereocenters. The quantitative estimate of drug-likeness (QED) is 0.0734. The SMILES string of the molecule is CC(C)(C)OC(=O)N1CCCC1C(=O)OCC(=O)c1ccc(Br)c(COc2cccc3cc(C(=O)COC(=O)C4CCCN4C(=O)OCc4ccccc4)ccc23)c1. The van der Waals surface area contributed by atoms with Gasteiger partial charge in [0.05, 0.1) is 0 Å². The van der Waals surface area contributed by atoms with E-state index in [2.05, 4.69) is 15.9 Å². The normalized spacial score (nSPS) is 16.5. The summed E-state index contributed by atoms with van der Waals surface area (Å²) in [5.41, 5.74) is 1.43. The summed E-state index contributed by atoms with van der Waals surface area (Å²) in [5, 5.41) is 1.45. The van der Waals surface area contributed by atoms with E-state index in [-0.39, 0.29) is 13.2 Å². The summed E-state index contributed by atoms with van der Waals surface area (Å²) < 4.78 is 28.5. The van der Waals surface area contributed by atoms with Crippen LogP contribution >= 0.6 is 15.9 Å². The molecule has 4 aromatic rings. The molecule has 0 aliphatic carbocycles. The van der Waals surface area contributed by atoms with Gasteiger partial charge in [0, 0.05) is 39.6 Å². The van der Waals surface area contributed by atoms with E-state index in [4.69, 9.17) is 23.7 Å². The van der Waals surface area contributed by atoms with Crippen molar-refractivity contribution >= 4 is 62.4 Å². The number of hydrogen-bond donors (Lipinski definition) is 0. The van der Waals surface area contributed by atoms with Crippen molar-refractivity contribution in [1.29, 1.82) is 0 Å². The molecule has 14 heteroatoms. The van der Waals surface area contributed by atoms with Gasteiger partial charge >= 0.3 is 24.1 Å². The van der Waals surface area contributed by atoms with Crippen LogP contribution in [-0.2, 0) is 41.8 Å². The minimum Gasteiger partial charge on any atom is -0.488 e. The number of likely N-dealkylation sites (tertiary alicyclic amines) is 2. The predicted octanol–water partition coefficient (Wildman–Crippen LogP) is 7.83. The average molecular weight is 858 g/mol. The number of Topliss-reactive ketones (excluding diaryl/α,β-unsaturated/α-hetero) is 2. The van der Waals surface area contributed by atoms with Gasteiger partial charge in [0.1, 0.15) is 36.6 Å². The molecule has 0 saturated carbocycles. The largest absolute Gasteiger partial charge is 0.488 e. The number of amides is 2. The fraction of sp³-hybridized carbons (Fsp3) is 0.364. The van der Waals surface area contributed by atoms with Gasteiger partial charge < -0.3 is 23.7 Å². The monoisotopic (exact) mass is 856 g/mol. The van der Waals surface area contributed by atoms with Crippen LogP contribution in [0.1, 0.15) is 78.3 Å². The first kappa shape index (κ1) is 41.9. The van der Waals surface area contributed by atoms with Crippen molar-refractivity contribution in [3.05, 3.63) is 112 Å². The summed E-state index contributed by atoms with van der Waals surface area (Å²) in [4.78, 5) is 80.2. The second-order valence-corrected chi connectivity index (χ2v) is 15.9. The third-order valence-corrected chi connectivity index (χ3v) is 10.5. The van der Waals surface area contributed by atoms with E-state index >= 15 is 0 Å². The summed E-state index contributed by atoms with van der Waals surface area (Å²) in [6.45, 7) is 5.15. The minimum atomic E-state index is -0.830. The third-order valence-electron chi connectivity index (χ3n) is 9.72. The Bertz CT molecular complexity index is 2190. The van der Waals surface area contributed by atoms with Crippen LogP contribution in [0.3, 0.4) is 0 Å². The number of hydrogen-bond acceptors (Lipinski definition) is 11. The van der Waals surface area contributed by atoms with Crippen molar-refractivity contribution in [2.24, 2.45) is 0 Å². The molecule has 2 heterocycles. The Kier molecular flexibility index (Phi) is 13.5. The van der Waals surface area contributed by atoms with Gasteiger partial charge in [-0.05, 0) is 87.7 Å². The van der Waals surface area contributed by atoms with Crippen LogP contribution in [0.15, 0.2) is 89.4 Å². The highest BCUT2D eigenvalue weighted by Gasteiger charge is 2.38. The zero-order valence-corrected chi connectivity index (χ0v) is 34.2. The maximum Gasteiger partial charge on any atom is 0.411 e. The van der Waals surface area contributed by atoms with Gasteiger partial charge in [-0.2, -0.15) is 0 Å². The third kappa shape index (κ3) is 10.6. The minimum absolute atomic E-state index is 0.0815. The van der Waals surface area contributed by atoms with Gasteiger partial charge in [-0.1, -0.05) is 70.5 Å². The maximum atomic E-state index is 13.1. The Morgan fingerprint density at radius 1 is 0.672 bits per heavy atom. The molecule has 6 rings (SSSR count). The standard InChI is InChI=1S/C44H45BrN2O11/c1-44(2,3)58-43(53)47-21-9-14-36(47)41(51)56-27-38(49)31-17-19-34(45)32(23-31)25-54-39-15-7-12-29-22-30(16-18-33(29)39)37(48)26-55-40(50)35-13-8-20-46(35)42(52)57-24-28-10-5-4-6-11-28/h4-7,10-12,15-19,22-23,35-36H,8-9,13-14,20-21,24-27H2,1-3H3. The molecule has 2 unspecified atom stereocenters. The van der Waals surface area contributed by atoms with E-state index < -0.39 is 66.6 Å². The molecule has 2 fully saturated rings. The zero-order valence-electron chi connectivity index (χ0n) is 32.6. The summed E-state index contributed by atoms with van der Waals surface area (Å²) in [5.74, 6) is -1.61. The number of halogens is 1. The van der Waals surface area contributed by atoms with Crippen LogP contribution in [0, 0.1) is 0 Å². The smallest absolute Gasteiger partial charge is 0.411 e. The van der Waals surface area contributed by atoms with Crippen molar-refractivity contribution in [2.45, 2.75) is 77.4 Å². The van der Waals surface area contributed by atoms with Gasteiger partial charge in [0.2, 0.25) is 0 Å². The number of ketones is 2. The molecule has 0 spiro atoms. The van der Waals surface area contributed by atoms with E-state index in [1.807, 2.05) is 36.4 Å². The van der Waals surface area contributed by atoms with Crippen LogP contribution in [0.5, 0.6) is 5.75 Å². The first-order valence-electron chi connectivity index (χ1n) is 19.1. The summed E-state index contributed by atoms with van der Waals surface area (Å²) in [6, 6.07) is 23.1. The molecular weight excluding hydrogens is 812 g/mol. The number of carbonyl (C=O) groups excluding carboxylic acids is 6. The van der Waals surface area contributed by atoms with Gasteiger partial charge in [-0.15, -0.1) is 0 Å². The first-order chi connectivity index (χ1) is 27.8. The molecule has 58 heavy (non-hydrogen) atoms. The number of fused-ring (bicyclic) bond motifs is 1. The molecular formula is C44H45BrN2O11. The van der Waals surface area contributed by atoms with Crippen LogP contribution < -0.4 is 4.74 Å². The number of benzene rings is 4. The van der Waals surface area contributed by atoms with E-state index in [1.54, 1.807) is 69.3 Å². The molecule has 304 valence electrons. The molecule has 2 aliphatic rings. The number of rotatable bonds is 13. The molecule has 4 aromatic carbocycles. The fourth-order valence-corrected chi connectivity index (χ4v) is 7.14. The van der Waals surface area contributed by atoms with E-state index in [1.165, 1.54) is 9.80 Å². The topological polar surface area (TPSA) is 155 Å².